The second-order valence-corrected chi connectivity index (χ2v) is 20.7. The fraction of sp³-hybridized carbons (Fsp3) is 0.978. The van der Waals surface area contributed by atoms with E-state index in [2.05, 4.69) is 13.8 Å². The summed E-state index contributed by atoms with van der Waals surface area (Å²) in [6.07, 6.45) is -2.54. The summed E-state index contributed by atoms with van der Waals surface area (Å²) in [6.45, 7) is 17.2. The van der Waals surface area contributed by atoms with Gasteiger partial charge in [0.15, 0.2) is 23.7 Å². The summed E-state index contributed by atoms with van der Waals surface area (Å²) in [5.74, 6) is -8.06. The summed E-state index contributed by atoms with van der Waals surface area (Å²) in [5.41, 5.74) is -1.58. The smallest absolute Gasteiger partial charge is 0.176 e. The largest absolute Gasteiger partial charge is 0.550 e. The fourth-order valence-corrected chi connectivity index (χ4v) is 12.0. The van der Waals surface area contributed by atoms with E-state index >= 15 is 0 Å². The second-order valence-electron chi connectivity index (χ2n) is 20.7. The number of ether oxygens (including phenoxy) is 10. The molecular weight excluding hydrogens is 796 g/mol. The van der Waals surface area contributed by atoms with Crippen molar-refractivity contribution in [2.24, 2.45) is 29.6 Å². The Labute approximate surface area is 361 Å². The Morgan fingerprint density at radius 1 is 0.836 bits per heavy atom. The summed E-state index contributed by atoms with van der Waals surface area (Å²) in [4.78, 5) is 11.7. The third-order valence-corrected chi connectivity index (χ3v) is 16.2. The molecule has 0 aromatic heterocycles. The lowest BCUT2D eigenvalue weighted by Gasteiger charge is -2.53. The Balaban J connectivity index is 1.08. The molecule has 7 fully saturated rings. The Bertz CT molecular complexity index is 1530. The average Bonchev–Trinajstić information content (AvgIpc) is 3.89. The summed E-state index contributed by atoms with van der Waals surface area (Å²) < 4.78 is 65.0. The highest BCUT2D eigenvalue weighted by Crippen LogP contribution is 2.54. The molecule has 16 heteroatoms. The first-order valence-electron chi connectivity index (χ1n) is 22.9. The van der Waals surface area contributed by atoms with Crippen molar-refractivity contribution < 1.29 is 77.7 Å². The number of carbonyl (C=O) groups excluding carboxylic acids is 1. The van der Waals surface area contributed by atoms with Gasteiger partial charge in [-0.2, -0.15) is 0 Å². The molecule has 0 saturated carbocycles. The summed E-state index contributed by atoms with van der Waals surface area (Å²) in [6, 6.07) is 0. The molecule has 23 unspecified atom stereocenters. The van der Waals surface area contributed by atoms with Crippen molar-refractivity contribution in [3.63, 3.8) is 0 Å². The van der Waals surface area contributed by atoms with Crippen LogP contribution in [0.3, 0.4) is 0 Å². The van der Waals surface area contributed by atoms with E-state index in [1.165, 1.54) is 14.0 Å². The highest BCUT2D eigenvalue weighted by Gasteiger charge is 2.63. The van der Waals surface area contributed by atoms with Crippen molar-refractivity contribution in [2.75, 3.05) is 14.2 Å². The van der Waals surface area contributed by atoms with E-state index in [9.17, 15) is 30.3 Å². The molecule has 16 nitrogen and oxygen atoms in total. The van der Waals surface area contributed by atoms with Crippen LogP contribution in [-0.2, 0) is 52.2 Å². The molecule has 61 heavy (non-hydrogen) atoms. The van der Waals surface area contributed by atoms with Crippen molar-refractivity contribution in [1.82, 2.24) is 0 Å². The molecule has 7 rings (SSSR count). The Kier molecular flexibility index (Phi) is 13.8. The van der Waals surface area contributed by atoms with Crippen LogP contribution >= 0.6 is 0 Å². The highest BCUT2D eigenvalue weighted by molar-refractivity contribution is 5.65. The number of hydrogen-bond acceptors (Lipinski definition) is 16. The Morgan fingerprint density at radius 2 is 1.56 bits per heavy atom. The molecule has 352 valence electrons. The van der Waals surface area contributed by atoms with Gasteiger partial charge < -0.3 is 77.7 Å². The molecule has 0 aromatic carbocycles. The zero-order chi connectivity index (χ0) is 44.6. The number of aliphatic hydroxyl groups is 4. The molecule has 0 radical (unpaired) electrons. The van der Waals surface area contributed by atoms with Gasteiger partial charge in [-0.15, -0.1) is 0 Å². The summed E-state index contributed by atoms with van der Waals surface area (Å²) in [5, 5.41) is 57.1. The minimum atomic E-state index is -2.21. The lowest BCUT2D eigenvalue weighted by atomic mass is 9.75. The standard InChI is InChI=1S/C45H76O16/c1-22-18-23(2)43(9,50)58-36(22)30-19-31(55-34-13-12-29(52-10)27(6)54-34)40(56-30)42(8)15-14-32(57-42)41(7)16-17-44(61-41)20-28(46)24(3)37(59-44)25(4)38-39(53-11)35(49)26(5)45(51,60-38)21-33(47)48/h22-32,34-40,46,49-51H,12-21H2,1-11H3,(H,47,48)/p-1. The monoisotopic (exact) mass is 872 g/mol. The lowest BCUT2D eigenvalue weighted by molar-refractivity contribution is -0.371. The zero-order valence-corrected chi connectivity index (χ0v) is 38.2. The van der Waals surface area contributed by atoms with Crippen LogP contribution in [0.5, 0.6) is 0 Å². The van der Waals surface area contributed by atoms with E-state index in [0.29, 0.717) is 38.5 Å². The maximum Gasteiger partial charge on any atom is 0.176 e. The first-order chi connectivity index (χ1) is 28.5. The highest BCUT2D eigenvalue weighted by atomic mass is 16.7. The van der Waals surface area contributed by atoms with Crippen LogP contribution in [0.25, 0.3) is 0 Å². The van der Waals surface area contributed by atoms with Gasteiger partial charge >= 0.3 is 0 Å². The molecule has 7 saturated heterocycles. The molecule has 0 amide bonds. The molecule has 23 atom stereocenters. The van der Waals surface area contributed by atoms with Crippen molar-refractivity contribution in [3.05, 3.63) is 0 Å². The van der Waals surface area contributed by atoms with Gasteiger partial charge in [0.2, 0.25) is 0 Å². The molecule has 0 aromatic rings. The van der Waals surface area contributed by atoms with E-state index in [-0.39, 0.29) is 54.9 Å². The van der Waals surface area contributed by atoms with Crippen LogP contribution in [0.1, 0.15) is 127 Å². The average molecular weight is 872 g/mol. The van der Waals surface area contributed by atoms with Gasteiger partial charge in [0.05, 0.1) is 72.2 Å². The van der Waals surface area contributed by atoms with Gasteiger partial charge in [0.25, 0.3) is 0 Å². The third-order valence-electron chi connectivity index (χ3n) is 16.2. The number of carboxylic acid groups (broad SMARTS) is 1. The van der Waals surface area contributed by atoms with Gasteiger partial charge in [0, 0.05) is 76.0 Å². The number of aliphatic carboxylic acids is 1. The minimum Gasteiger partial charge on any atom is -0.550 e. The second kappa shape index (κ2) is 17.6. The predicted octanol–water partition coefficient (Wildman–Crippen LogP) is 2.70. The van der Waals surface area contributed by atoms with Gasteiger partial charge in [-0.3, -0.25) is 0 Å². The molecule has 7 heterocycles. The number of carbonyl (C=O) groups is 1. The number of carboxylic acids is 1. The first-order valence-corrected chi connectivity index (χ1v) is 22.9. The predicted molar refractivity (Wildman–Crippen MR) is 214 cm³/mol. The van der Waals surface area contributed by atoms with Gasteiger partial charge in [0.1, 0.15) is 12.2 Å². The molecule has 7 aliphatic rings. The van der Waals surface area contributed by atoms with Crippen LogP contribution in [0.4, 0.5) is 0 Å². The molecule has 0 bridgehead atoms. The molecule has 7 aliphatic heterocycles. The van der Waals surface area contributed by atoms with E-state index in [1.807, 2.05) is 34.6 Å². The zero-order valence-electron chi connectivity index (χ0n) is 38.2. The lowest BCUT2D eigenvalue weighted by Crippen LogP contribution is -2.65. The van der Waals surface area contributed by atoms with E-state index in [1.54, 1.807) is 14.0 Å². The van der Waals surface area contributed by atoms with Crippen LogP contribution in [0, 0.1) is 29.6 Å². The van der Waals surface area contributed by atoms with Gasteiger partial charge in [-0.25, -0.2) is 0 Å². The normalized spacial score (nSPS) is 54.9. The maximum absolute atomic E-state index is 11.7. The Hall–Kier alpha value is -1.09. The van der Waals surface area contributed by atoms with Crippen molar-refractivity contribution in [1.29, 1.82) is 0 Å². The summed E-state index contributed by atoms with van der Waals surface area (Å²) >= 11 is 0. The quantitative estimate of drug-likeness (QED) is 0.235. The number of aliphatic hydroxyl groups excluding tert-OH is 2. The topological polar surface area (TPSA) is 213 Å². The summed E-state index contributed by atoms with van der Waals surface area (Å²) in [7, 11) is 3.13. The molecule has 4 N–H and O–H groups in total. The van der Waals surface area contributed by atoms with E-state index in [4.69, 9.17) is 47.4 Å². The van der Waals surface area contributed by atoms with Crippen LogP contribution in [-0.4, -0.2) is 149 Å². The van der Waals surface area contributed by atoms with Crippen molar-refractivity contribution in [3.8, 4) is 0 Å². The Morgan fingerprint density at radius 3 is 2.21 bits per heavy atom. The van der Waals surface area contributed by atoms with Crippen LogP contribution in [0.15, 0.2) is 0 Å². The van der Waals surface area contributed by atoms with Gasteiger partial charge in [-0.05, 0) is 65.7 Å². The SMILES string of the molecule is COC1CCC(OC2CC(C3OC(C)(O)C(C)CC3C)OC2C2(C)CCC(C3(C)CCC4(CC(O)C(C)C(C(C)C5OC(O)(CC(=O)[O-])C(C)C(O)C5OC)O4)O3)O2)OC1C. The number of methoxy groups -OCH3 is 2. The molecule has 0 aliphatic carbocycles. The van der Waals surface area contributed by atoms with E-state index < -0.39 is 102 Å². The molecular formula is C45H75O16-. The maximum atomic E-state index is 11.7. The number of rotatable bonds is 11. The van der Waals surface area contributed by atoms with Crippen molar-refractivity contribution in [2.45, 2.75) is 235 Å². The molecule has 1 spiro atoms. The van der Waals surface area contributed by atoms with Crippen molar-refractivity contribution >= 4 is 5.97 Å². The third kappa shape index (κ3) is 9.09. The van der Waals surface area contributed by atoms with Crippen LogP contribution < -0.4 is 5.11 Å². The first kappa shape index (κ1) is 47.9. The van der Waals surface area contributed by atoms with Crippen LogP contribution in [0.2, 0.25) is 0 Å². The minimum absolute atomic E-state index is 0.00652. The van der Waals surface area contributed by atoms with E-state index in [0.717, 1.165) is 12.8 Å². The van der Waals surface area contributed by atoms with Gasteiger partial charge in [-0.1, -0.05) is 34.6 Å². The fourth-order valence-electron chi connectivity index (χ4n) is 12.0. The number of hydrogen-bond donors (Lipinski definition) is 4.